The van der Waals surface area contributed by atoms with Crippen LogP contribution in [-0.4, -0.2) is 32.4 Å². The van der Waals surface area contributed by atoms with Gasteiger partial charge in [-0.15, -0.1) is 0 Å². The van der Waals surface area contributed by atoms with Crippen molar-refractivity contribution in [2.75, 3.05) is 12.3 Å². The van der Waals surface area contributed by atoms with Gasteiger partial charge in [0.05, 0.1) is 11.4 Å². The number of aryl methyl sites for hydroxylation is 1. The van der Waals surface area contributed by atoms with Crippen LogP contribution in [0.5, 0.6) is 0 Å². The summed E-state index contributed by atoms with van der Waals surface area (Å²) in [5.74, 6) is -0.344. The molecule has 8 heteroatoms. The molecule has 0 aliphatic rings. The Morgan fingerprint density at radius 1 is 0.969 bits per heavy atom. The van der Waals surface area contributed by atoms with Crippen molar-refractivity contribution in [3.8, 4) is 22.5 Å². The van der Waals surface area contributed by atoms with Crippen LogP contribution in [0.1, 0.15) is 21.9 Å². The Labute approximate surface area is 190 Å². The molecule has 3 aromatic heterocycles. The number of aromatic nitrogens is 4. The highest BCUT2D eigenvalue weighted by molar-refractivity contribution is 6.29. The highest BCUT2D eigenvalue weighted by Crippen LogP contribution is 2.32. The zero-order chi connectivity index (χ0) is 22.5. The number of rotatable bonds is 6. The maximum absolute atomic E-state index is 12.9. The first kappa shape index (κ1) is 21.4. The number of amides is 1. The van der Waals surface area contributed by atoms with Crippen LogP contribution in [0.15, 0.2) is 66.9 Å². The molecule has 0 unspecified atom stereocenters. The van der Waals surface area contributed by atoms with E-state index >= 15 is 0 Å². The van der Waals surface area contributed by atoms with Crippen LogP contribution in [0.2, 0.25) is 5.15 Å². The van der Waals surface area contributed by atoms with Crippen LogP contribution in [0, 0.1) is 6.92 Å². The second-order valence-corrected chi connectivity index (χ2v) is 7.55. The monoisotopic (exact) mass is 444 g/mol. The Bertz CT molecular complexity index is 1230. The van der Waals surface area contributed by atoms with Crippen molar-refractivity contribution < 1.29 is 4.79 Å². The number of anilines is 1. The summed E-state index contributed by atoms with van der Waals surface area (Å²) in [6, 6.07) is 18.8. The Balaban J connectivity index is 1.70. The van der Waals surface area contributed by atoms with E-state index in [1.54, 1.807) is 12.3 Å². The molecule has 0 saturated carbocycles. The van der Waals surface area contributed by atoms with Crippen LogP contribution >= 0.6 is 11.6 Å². The van der Waals surface area contributed by atoms with Gasteiger partial charge < -0.3 is 11.1 Å². The number of nitrogens with one attached hydrogen (secondary N) is 1. The van der Waals surface area contributed by atoms with Crippen LogP contribution in [0.25, 0.3) is 22.5 Å². The van der Waals surface area contributed by atoms with E-state index < -0.39 is 5.91 Å². The molecule has 3 heterocycles. The molecule has 0 atom stereocenters. The van der Waals surface area contributed by atoms with E-state index in [0.29, 0.717) is 35.1 Å². The van der Waals surface area contributed by atoms with Gasteiger partial charge in [-0.3, -0.25) is 9.78 Å². The quantitative estimate of drug-likeness (QED) is 0.433. The molecule has 0 fully saturated rings. The SMILES string of the molecule is Cc1cc(-c2nc(C(=O)NCCc3ccccn3)c(N)nc2-c2ccccc2)cc(Cl)n1. The maximum atomic E-state index is 12.9. The molecule has 0 aliphatic carbocycles. The van der Waals surface area contributed by atoms with Gasteiger partial charge in [0.15, 0.2) is 11.5 Å². The zero-order valence-corrected chi connectivity index (χ0v) is 18.2. The van der Waals surface area contributed by atoms with Gasteiger partial charge in [-0.1, -0.05) is 48.0 Å². The van der Waals surface area contributed by atoms with Gasteiger partial charge in [0.2, 0.25) is 0 Å². The van der Waals surface area contributed by atoms with Crippen molar-refractivity contribution >= 4 is 23.3 Å². The summed E-state index contributed by atoms with van der Waals surface area (Å²) in [6.07, 6.45) is 2.31. The Morgan fingerprint density at radius 3 is 2.44 bits per heavy atom. The van der Waals surface area contributed by atoms with Crippen LogP contribution in [0.4, 0.5) is 5.82 Å². The molecule has 7 nitrogen and oxygen atoms in total. The molecular weight excluding hydrogens is 424 g/mol. The Morgan fingerprint density at radius 2 is 1.72 bits per heavy atom. The minimum Gasteiger partial charge on any atom is -0.382 e. The average molecular weight is 445 g/mol. The van der Waals surface area contributed by atoms with E-state index in [1.807, 2.05) is 61.5 Å². The molecule has 0 radical (unpaired) electrons. The molecule has 160 valence electrons. The first-order chi connectivity index (χ1) is 15.5. The van der Waals surface area contributed by atoms with E-state index in [2.05, 4.69) is 25.3 Å². The number of benzene rings is 1. The second kappa shape index (κ2) is 9.53. The third-order valence-electron chi connectivity index (χ3n) is 4.77. The van der Waals surface area contributed by atoms with E-state index in [4.69, 9.17) is 17.3 Å². The van der Waals surface area contributed by atoms with Crippen LogP contribution in [-0.2, 0) is 6.42 Å². The summed E-state index contributed by atoms with van der Waals surface area (Å²) >= 11 is 6.19. The van der Waals surface area contributed by atoms with Gasteiger partial charge in [-0.2, -0.15) is 0 Å². The average Bonchev–Trinajstić information content (AvgIpc) is 2.79. The molecule has 32 heavy (non-hydrogen) atoms. The number of pyridine rings is 2. The van der Waals surface area contributed by atoms with Gasteiger partial charge in [0.25, 0.3) is 5.91 Å². The number of nitrogen functional groups attached to an aromatic ring is 1. The topological polar surface area (TPSA) is 107 Å². The fraction of sp³-hybridized carbons (Fsp3) is 0.125. The first-order valence-electron chi connectivity index (χ1n) is 10.1. The summed E-state index contributed by atoms with van der Waals surface area (Å²) in [4.78, 5) is 30.5. The fourth-order valence-corrected chi connectivity index (χ4v) is 3.56. The van der Waals surface area contributed by atoms with Crippen molar-refractivity contribution in [3.05, 3.63) is 89.1 Å². The minimum absolute atomic E-state index is 0.0554. The van der Waals surface area contributed by atoms with Gasteiger partial charge in [0.1, 0.15) is 5.15 Å². The number of hydrogen-bond donors (Lipinski definition) is 2. The standard InChI is InChI=1S/C24H21ClN6O/c1-15-13-17(14-19(25)29-15)21-20(16-7-3-2-4-8-16)31-23(26)22(30-21)24(32)28-12-10-18-9-5-6-11-27-18/h2-9,11,13-14H,10,12H2,1H3,(H2,26,31)(H,28,32). The summed E-state index contributed by atoms with van der Waals surface area (Å²) in [6.45, 7) is 2.24. The fourth-order valence-electron chi connectivity index (χ4n) is 3.31. The molecule has 0 aliphatic heterocycles. The molecule has 0 saturated heterocycles. The smallest absolute Gasteiger partial charge is 0.273 e. The van der Waals surface area contributed by atoms with Gasteiger partial charge in [0, 0.05) is 41.7 Å². The van der Waals surface area contributed by atoms with Crippen molar-refractivity contribution in [2.45, 2.75) is 13.3 Å². The van der Waals surface area contributed by atoms with Crippen molar-refractivity contribution in [1.29, 1.82) is 0 Å². The van der Waals surface area contributed by atoms with Gasteiger partial charge in [-0.25, -0.2) is 15.0 Å². The first-order valence-corrected chi connectivity index (χ1v) is 10.4. The number of carbonyl (C=O) groups excluding carboxylic acids is 1. The summed E-state index contributed by atoms with van der Waals surface area (Å²) in [5.41, 5.74) is 10.4. The minimum atomic E-state index is -0.399. The number of carbonyl (C=O) groups is 1. The van der Waals surface area contributed by atoms with Crippen LogP contribution < -0.4 is 11.1 Å². The van der Waals surface area contributed by atoms with E-state index in [-0.39, 0.29) is 11.5 Å². The van der Waals surface area contributed by atoms with Crippen molar-refractivity contribution in [3.63, 3.8) is 0 Å². The van der Waals surface area contributed by atoms with Crippen molar-refractivity contribution in [2.24, 2.45) is 0 Å². The highest BCUT2D eigenvalue weighted by atomic mass is 35.5. The largest absolute Gasteiger partial charge is 0.382 e. The Kier molecular flexibility index (Phi) is 6.37. The molecule has 4 aromatic rings. The molecule has 3 N–H and O–H groups in total. The molecule has 0 spiro atoms. The van der Waals surface area contributed by atoms with E-state index in [0.717, 1.165) is 17.0 Å². The molecule has 1 aromatic carbocycles. The number of hydrogen-bond acceptors (Lipinski definition) is 6. The van der Waals surface area contributed by atoms with Crippen molar-refractivity contribution in [1.82, 2.24) is 25.3 Å². The number of nitrogens with zero attached hydrogens (tertiary/aromatic N) is 4. The maximum Gasteiger partial charge on any atom is 0.273 e. The normalized spacial score (nSPS) is 10.7. The lowest BCUT2D eigenvalue weighted by atomic mass is 10.0. The van der Waals surface area contributed by atoms with E-state index in [9.17, 15) is 4.79 Å². The lowest BCUT2D eigenvalue weighted by molar-refractivity contribution is 0.0950. The Hall–Kier alpha value is -3.84. The lowest BCUT2D eigenvalue weighted by Gasteiger charge is -2.13. The summed E-state index contributed by atoms with van der Waals surface area (Å²) in [7, 11) is 0. The number of halogens is 1. The van der Waals surface area contributed by atoms with Crippen LogP contribution in [0.3, 0.4) is 0 Å². The lowest BCUT2D eigenvalue weighted by Crippen LogP contribution is -2.28. The third kappa shape index (κ3) is 4.90. The summed E-state index contributed by atoms with van der Waals surface area (Å²) < 4.78 is 0. The predicted octanol–water partition coefficient (Wildman–Crippen LogP) is 4.12. The molecule has 4 rings (SSSR count). The zero-order valence-electron chi connectivity index (χ0n) is 17.4. The predicted molar refractivity (Wildman–Crippen MR) is 125 cm³/mol. The summed E-state index contributed by atoms with van der Waals surface area (Å²) in [5, 5.41) is 3.18. The number of nitrogens with two attached hydrogens (primary N) is 1. The van der Waals surface area contributed by atoms with Gasteiger partial charge >= 0.3 is 0 Å². The highest BCUT2D eigenvalue weighted by Gasteiger charge is 2.20. The van der Waals surface area contributed by atoms with E-state index in [1.165, 1.54) is 0 Å². The second-order valence-electron chi connectivity index (χ2n) is 7.17. The molecule has 1 amide bonds. The third-order valence-corrected chi connectivity index (χ3v) is 4.97. The van der Waals surface area contributed by atoms with Gasteiger partial charge in [-0.05, 0) is 31.2 Å². The molecular formula is C24H21ClN6O. The molecule has 0 bridgehead atoms.